The van der Waals surface area contributed by atoms with E-state index >= 15 is 0 Å². The van der Waals surface area contributed by atoms with Crippen molar-refractivity contribution in [2.75, 3.05) is 19.5 Å². The summed E-state index contributed by atoms with van der Waals surface area (Å²) < 4.78 is 10.6. The fourth-order valence-electron chi connectivity index (χ4n) is 2.52. The maximum atomic E-state index is 12.7. The average Bonchev–Trinajstić information content (AvgIpc) is 3.20. The molecule has 0 saturated heterocycles. The summed E-state index contributed by atoms with van der Waals surface area (Å²) in [5.41, 5.74) is 0.773. The smallest absolute Gasteiger partial charge is 0.390 e. The second kappa shape index (κ2) is 8.17. The van der Waals surface area contributed by atoms with E-state index in [1.165, 1.54) is 38.8 Å². The average molecular weight is 410 g/mol. The van der Waals surface area contributed by atoms with Crippen LogP contribution in [0, 0.1) is 24.0 Å². The molecule has 0 aliphatic rings. The minimum atomic E-state index is -0.914. The lowest BCUT2D eigenvalue weighted by Gasteiger charge is -2.11. The topological polar surface area (TPSA) is 143 Å². The van der Waals surface area contributed by atoms with Crippen LogP contribution in [-0.2, 0) is 14.3 Å². The standard InChI is InChI=1S/C16H18N4O7S/c1-7-6-10(20(24)25)18-19(7)9(3)13(21)17-14-11(15(22)26-4)8(2)12(28-14)16(23)27-5/h6,9H,1-5H3,(H,17,21). The van der Waals surface area contributed by atoms with E-state index in [4.69, 9.17) is 9.47 Å². The number of nitrogens with one attached hydrogen (secondary N) is 1. The Morgan fingerprint density at radius 2 is 1.86 bits per heavy atom. The third-order valence-electron chi connectivity index (χ3n) is 3.99. The molecule has 0 radical (unpaired) electrons. The van der Waals surface area contributed by atoms with Gasteiger partial charge in [0.25, 0.3) is 5.91 Å². The Morgan fingerprint density at radius 3 is 2.36 bits per heavy atom. The van der Waals surface area contributed by atoms with Crippen molar-refractivity contribution in [3.63, 3.8) is 0 Å². The summed E-state index contributed by atoms with van der Waals surface area (Å²) in [6.07, 6.45) is 0. The minimum absolute atomic E-state index is 0.0385. The zero-order valence-corrected chi connectivity index (χ0v) is 16.6. The predicted octanol–water partition coefficient (Wildman–Crippen LogP) is 2.24. The second-order valence-corrected chi connectivity index (χ2v) is 6.77. The van der Waals surface area contributed by atoms with Crippen LogP contribution in [0.15, 0.2) is 6.07 Å². The van der Waals surface area contributed by atoms with Gasteiger partial charge in [-0.05, 0) is 31.3 Å². The summed E-state index contributed by atoms with van der Waals surface area (Å²) in [5, 5.41) is 17.4. The van der Waals surface area contributed by atoms with Gasteiger partial charge in [0.15, 0.2) is 0 Å². The minimum Gasteiger partial charge on any atom is -0.465 e. The molecule has 12 heteroatoms. The quantitative estimate of drug-likeness (QED) is 0.434. The van der Waals surface area contributed by atoms with Crippen LogP contribution in [-0.4, -0.2) is 46.8 Å². The van der Waals surface area contributed by atoms with Gasteiger partial charge in [-0.2, -0.15) is 4.68 Å². The van der Waals surface area contributed by atoms with Crippen molar-refractivity contribution in [1.29, 1.82) is 0 Å². The highest BCUT2D eigenvalue weighted by Crippen LogP contribution is 2.34. The van der Waals surface area contributed by atoms with Crippen LogP contribution in [0.25, 0.3) is 0 Å². The molecule has 2 rings (SSSR count). The molecule has 0 fully saturated rings. The second-order valence-electron chi connectivity index (χ2n) is 5.75. The van der Waals surface area contributed by atoms with Crippen molar-refractivity contribution in [3.8, 4) is 0 Å². The third kappa shape index (κ3) is 3.86. The zero-order valence-electron chi connectivity index (χ0n) is 15.8. The number of aromatic nitrogens is 2. The lowest BCUT2D eigenvalue weighted by molar-refractivity contribution is -0.389. The Kier molecular flexibility index (Phi) is 6.13. The van der Waals surface area contributed by atoms with Gasteiger partial charge in [-0.15, -0.1) is 11.3 Å². The molecule has 0 spiro atoms. The lowest BCUT2D eigenvalue weighted by atomic mass is 10.1. The fraction of sp³-hybridized carbons (Fsp3) is 0.375. The Labute approximate surface area is 163 Å². The number of carbonyl (C=O) groups is 3. The third-order valence-corrected chi connectivity index (χ3v) is 5.17. The maximum Gasteiger partial charge on any atom is 0.390 e. The normalized spacial score (nSPS) is 11.6. The van der Waals surface area contributed by atoms with Gasteiger partial charge in [-0.1, -0.05) is 0 Å². The molecule has 2 heterocycles. The molecule has 2 aromatic rings. The van der Waals surface area contributed by atoms with E-state index in [1.807, 2.05) is 0 Å². The molecule has 2 aromatic heterocycles. The van der Waals surface area contributed by atoms with E-state index in [1.54, 1.807) is 6.92 Å². The molecule has 1 amide bonds. The number of anilines is 1. The summed E-state index contributed by atoms with van der Waals surface area (Å²) in [6.45, 7) is 4.61. The largest absolute Gasteiger partial charge is 0.465 e. The van der Waals surface area contributed by atoms with Gasteiger partial charge in [0.05, 0.1) is 36.6 Å². The van der Waals surface area contributed by atoms with E-state index in [-0.39, 0.29) is 21.3 Å². The first-order chi connectivity index (χ1) is 13.1. The number of rotatable bonds is 6. The van der Waals surface area contributed by atoms with Crippen molar-refractivity contribution in [3.05, 3.63) is 37.9 Å². The number of carbonyl (C=O) groups excluding carboxylic acids is 3. The molecule has 11 nitrogen and oxygen atoms in total. The monoisotopic (exact) mass is 410 g/mol. The van der Waals surface area contributed by atoms with Gasteiger partial charge in [0, 0.05) is 0 Å². The summed E-state index contributed by atoms with van der Waals surface area (Å²) in [6, 6.07) is 0.331. The number of nitro groups is 1. The fourth-order valence-corrected chi connectivity index (χ4v) is 3.63. The highest BCUT2D eigenvalue weighted by atomic mass is 32.1. The van der Waals surface area contributed by atoms with Crippen LogP contribution >= 0.6 is 11.3 Å². The van der Waals surface area contributed by atoms with E-state index < -0.39 is 28.8 Å². The Bertz CT molecular complexity index is 963. The van der Waals surface area contributed by atoms with Crippen molar-refractivity contribution in [1.82, 2.24) is 9.78 Å². The Balaban J connectivity index is 2.38. The number of hydrogen-bond acceptors (Lipinski definition) is 9. The van der Waals surface area contributed by atoms with Crippen LogP contribution in [0.3, 0.4) is 0 Å². The molecule has 1 N–H and O–H groups in total. The molecule has 0 bridgehead atoms. The number of thiophene rings is 1. The molecular weight excluding hydrogens is 392 g/mol. The number of aryl methyl sites for hydroxylation is 1. The van der Waals surface area contributed by atoms with E-state index in [0.29, 0.717) is 11.3 Å². The number of hydrogen-bond donors (Lipinski definition) is 1. The van der Waals surface area contributed by atoms with Crippen molar-refractivity contribution in [2.24, 2.45) is 0 Å². The van der Waals surface area contributed by atoms with Gasteiger partial charge >= 0.3 is 17.8 Å². The first kappa shape index (κ1) is 21.0. The molecule has 1 atom stereocenters. The predicted molar refractivity (Wildman–Crippen MR) is 98.7 cm³/mol. The van der Waals surface area contributed by atoms with Gasteiger partial charge in [-0.25, -0.2) is 9.59 Å². The number of nitrogens with zero attached hydrogens (tertiary/aromatic N) is 3. The maximum absolute atomic E-state index is 12.7. The molecule has 1 unspecified atom stereocenters. The molecule has 0 saturated carbocycles. The summed E-state index contributed by atoms with van der Waals surface area (Å²) >= 11 is 0.873. The van der Waals surface area contributed by atoms with Gasteiger partial charge < -0.3 is 24.9 Å². The number of esters is 2. The van der Waals surface area contributed by atoms with E-state index in [2.05, 4.69) is 10.4 Å². The van der Waals surface area contributed by atoms with Crippen LogP contribution in [0.5, 0.6) is 0 Å². The number of ether oxygens (including phenoxy) is 2. The van der Waals surface area contributed by atoms with Gasteiger partial charge in [0.1, 0.15) is 15.9 Å². The van der Waals surface area contributed by atoms with Crippen LogP contribution in [0.1, 0.15) is 44.3 Å². The molecular formula is C16H18N4O7S. The first-order valence-electron chi connectivity index (χ1n) is 7.93. The molecule has 28 heavy (non-hydrogen) atoms. The van der Waals surface area contributed by atoms with Crippen LogP contribution in [0.4, 0.5) is 10.8 Å². The summed E-state index contributed by atoms with van der Waals surface area (Å²) in [5.74, 6) is -2.34. The molecule has 150 valence electrons. The molecule has 0 aliphatic heterocycles. The SMILES string of the molecule is COC(=O)c1sc(NC(=O)C(C)n2nc([N+](=O)[O-])cc2C)c(C(=O)OC)c1C. The van der Waals surface area contributed by atoms with Gasteiger partial charge in [0.2, 0.25) is 0 Å². The van der Waals surface area contributed by atoms with Crippen molar-refractivity contribution in [2.45, 2.75) is 26.8 Å². The number of amides is 1. The first-order valence-corrected chi connectivity index (χ1v) is 8.75. The van der Waals surface area contributed by atoms with Gasteiger partial charge in [-0.3, -0.25) is 4.79 Å². The molecule has 0 aromatic carbocycles. The highest BCUT2D eigenvalue weighted by molar-refractivity contribution is 7.18. The van der Waals surface area contributed by atoms with Crippen LogP contribution < -0.4 is 5.32 Å². The summed E-state index contributed by atoms with van der Waals surface area (Å²) in [7, 11) is 2.38. The zero-order chi connectivity index (χ0) is 21.2. The Morgan fingerprint density at radius 1 is 1.25 bits per heavy atom. The number of methoxy groups -OCH3 is 2. The Hall–Kier alpha value is -3.28. The van der Waals surface area contributed by atoms with Crippen LogP contribution in [0.2, 0.25) is 0 Å². The van der Waals surface area contributed by atoms with E-state index in [0.717, 1.165) is 11.3 Å². The lowest BCUT2D eigenvalue weighted by Crippen LogP contribution is -2.25. The van der Waals surface area contributed by atoms with E-state index in [9.17, 15) is 24.5 Å². The van der Waals surface area contributed by atoms with Crippen molar-refractivity contribution < 1.29 is 28.8 Å². The molecule has 0 aliphatic carbocycles. The summed E-state index contributed by atoms with van der Waals surface area (Å²) in [4.78, 5) is 47.1. The highest BCUT2D eigenvalue weighted by Gasteiger charge is 2.30. The van der Waals surface area contributed by atoms with Crippen molar-refractivity contribution >= 4 is 40.0 Å².